The molecule has 0 spiro atoms. The molecule has 0 atom stereocenters. The SMILES string of the molecule is Nc1ccc(NCCCC2CCCC2)c(F)c1. The molecule has 1 fully saturated rings. The molecule has 1 aromatic rings. The number of hydrogen-bond donors (Lipinski definition) is 2. The van der Waals surface area contributed by atoms with Gasteiger partial charge in [0.05, 0.1) is 5.69 Å². The van der Waals surface area contributed by atoms with E-state index in [9.17, 15) is 4.39 Å². The predicted molar refractivity (Wildman–Crippen MR) is 70.5 cm³/mol. The van der Waals surface area contributed by atoms with E-state index in [0.717, 1.165) is 18.9 Å². The summed E-state index contributed by atoms with van der Waals surface area (Å²) in [4.78, 5) is 0. The van der Waals surface area contributed by atoms with E-state index in [0.29, 0.717) is 11.4 Å². The Labute approximate surface area is 102 Å². The van der Waals surface area contributed by atoms with Crippen molar-refractivity contribution in [3.63, 3.8) is 0 Å². The molecule has 0 bridgehead atoms. The van der Waals surface area contributed by atoms with Crippen LogP contribution in [0.1, 0.15) is 38.5 Å². The Balaban J connectivity index is 1.70. The molecule has 0 radical (unpaired) electrons. The standard InChI is InChI=1S/C14H21FN2/c15-13-10-12(16)7-8-14(13)17-9-3-6-11-4-1-2-5-11/h7-8,10-11,17H,1-6,9,16H2. The normalized spacial score (nSPS) is 16.3. The van der Waals surface area contributed by atoms with Gasteiger partial charge in [-0.2, -0.15) is 0 Å². The summed E-state index contributed by atoms with van der Waals surface area (Å²) >= 11 is 0. The minimum absolute atomic E-state index is 0.258. The van der Waals surface area contributed by atoms with E-state index in [-0.39, 0.29) is 5.82 Å². The summed E-state index contributed by atoms with van der Waals surface area (Å²) in [7, 11) is 0. The summed E-state index contributed by atoms with van der Waals surface area (Å²) in [6.07, 6.45) is 7.94. The lowest BCUT2D eigenvalue weighted by atomic mass is 10.0. The molecule has 0 heterocycles. The molecule has 1 aliphatic carbocycles. The molecule has 0 saturated heterocycles. The van der Waals surface area contributed by atoms with Gasteiger partial charge in [0.25, 0.3) is 0 Å². The first-order valence-electron chi connectivity index (χ1n) is 6.54. The predicted octanol–water partition coefficient (Wildman–Crippen LogP) is 3.79. The van der Waals surface area contributed by atoms with Crippen LogP contribution < -0.4 is 11.1 Å². The first kappa shape index (κ1) is 12.2. The largest absolute Gasteiger partial charge is 0.399 e. The molecule has 2 nitrogen and oxygen atoms in total. The van der Waals surface area contributed by atoms with Crippen LogP contribution in [0.5, 0.6) is 0 Å². The molecule has 17 heavy (non-hydrogen) atoms. The number of anilines is 2. The lowest BCUT2D eigenvalue weighted by Gasteiger charge is -2.10. The van der Waals surface area contributed by atoms with Gasteiger partial charge in [0.15, 0.2) is 0 Å². The van der Waals surface area contributed by atoms with Gasteiger partial charge in [-0.1, -0.05) is 25.7 Å². The van der Waals surface area contributed by atoms with E-state index in [1.165, 1.54) is 38.2 Å². The number of benzene rings is 1. The smallest absolute Gasteiger partial charge is 0.148 e. The zero-order chi connectivity index (χ0) is 12.1. The molecule has 1 aliphatic rings. The Morgan fingerprint density at radius 2 is 2.06 bits per heavy atom. The first-order valence-corrected chi connectivity index (χ1v) is 6.54. The van der Waals surface area contributed by atoms with Crippen LogP contribution in [-0.2, 0) is 0 Å². The fourth-order valence-corrected chi connectivity index (χ4v) is 2.59. The second-order valence-corrected chi connectivity index (χ2v) is 4.96. The van der Waals surface area contributed by atoms with Gasteiger partial charge < -0.3 is 11.1 Å². The van der Waals surface area contributed by atoms with Gasteiger partial charge in [-0.3, -0.25) is 0 Å². The van der Waals surface area contributed by atoms with Crippen molar-refractivity contribution in [3.8, 4) is 0 Å². The highest BCUT2D eigenvalue weighted by Crippen LogP contribution is 2.28. The number of hydrogen-bond acceptors (Lipinski definition) is 2. The lowest BCUT2D eigenvalue weighted by molar-refractivity contribution is 0.491. The lowest BCUT2D eigenvalue weighted by Crippen LogP contribution is -2.05. The molecule has 2 rings (SSSR count). The van der Waals surface area contributed by atoms with Crippen LogP contribution in [0.3, 0.4) is 0 Å². The molecular formula is C14H21FN2. The molecule has 3 N–H and O–H groups in total. The van der Waals surface area contributed by atoms with Gasteiger partial charge in [-0.25, -0.2) is 4.39 Å². The van der Waals surface area contributed by atoms with E-state index in [4.69, 9.17) is 5.73 Å². The van der Waals surface area contributed by atoms with E-state index in [1.807, 2.05) is 0 Å². The van der Waals surface area contributed by atoms with Crippen LogP contribution in [0.4, 0.5) is 15.8 Å². The highest BCUT2D eigenvalue weighted by Gasteiger charge is 2.13. The number of nitrogen functional groups attached to an aromatic ring is 1. The van der Waals surface area contributed by atoms with E-state index in [1.54, 1.807) is 12.1 Å². The summed E-state index contributed by atoms with van der Waals surface area (Å²) in [5, 5.41) is 3.13. The van der Waals surface area contributed by atoms with E-state index < -0.39 is 0 Å². The zero-order valence-corrected chi connectivity index (χ0v) is 10.2. The highest BCUT2D eigenvalue weighted by molar-refractivity contribution is 5.52. The second kappa shape index (κ2) is 5.89. The van der Waals surface area contributed by atoms with Crippen LogP contribution >= 0.6 is 0 Å². The van der Waals surface area contributed by atoms with Gasteiger partial charge >= 0.3 is 0 Å². The molecular weight excluding hydrogens is 215 g/mol. The van der Waals surface area contributed by atoms with Crippen molar-refractivity contribution in [2.24, 2.45) is 5.92 Å². The van der Waals surface area contributed by atoms with Gasteiger partial charge in [0.2, 0.25) is 0 Å². The van der Waals surface area contributed by atoms with Crippen molar-refractivity contribution < 1.29 is 4.39 Å². The Bertz CT molecular complexity index is 359. The average molecular weight is 236 g/mol. The summed E-state index contributed by atoms with van der Waals surface area (Å²) in [5.74, 6) is 0.652. The van der Waals surface area contributed by atoms with Crippen LogP contribution in [-0.4, -0.2) is 6.54 Å². The zero-order valence-electron chi connectivity index (χ0n) is 10.2. The van der Waals surface area contributed by atoms with Crippen molar-refractivity contribution in [1.29, 1.82) is 0 Å². The quantitative estimate of drug-likeness (QED) is 0.603. The molecule has 0 unspecified atom stereocenters. The Morgan fingerprint density at radius 1 is 1.29 bits per heavy atom. The maximum Gasteiger partial charge on any atom is 0.148 e. The third-order valence-electron chi connectivity index (χ3n) is 3.57. The summed E-state index contributed by atoms with van der Waals surface area (Å²) in [6, 6.07) is 4.79. The maximum absolute atomic E-state index is 13.4. The van der Waals surface area contributed by atoms with Crippen molar-refractivity contribution in [2.75, 3.05) is 17.6 Å². The van der Waals surface area contributed by atoms with Gasteiger partial charge in [-0.15, -0.1) is 0 Å². The van der Waals surface area contributed by atoms with E-state index in [2.05, 4.69) is 5.32 Å². The first-order chi connectivity index (χ1) is 8.25. The Kier molecular flexibility index (Phi) is 4.24. The van der Waals surface area contributed by atoms with Crippen molar-refractivity contribution >= 4 is 11.4 Å². The van der Waals surface area contributed by atoms with Crippen LogP contribution in [0.25, 0.3) is 0 Å². The fourth-order valence-electron chi connectivity index (χ4n) is 2.59. The van der Waals surface area contributed by atoms with Crippen LogP contribution in [0.15, 0.2) is 18.2 Å². The number of halogens is 1. The molecule has 0 aliphatic heterocycles. The van der Waals surface area contributed by atoms with Crippen molar-refractivity contribution in [1.82, 2.24) is 0 Å². The van der Waals surface area contributed by atoms with Gasteiger partial charge in [0.1, 0.15) is 5.82 Å². The minimum Gasteiger partial charge on any atom is -0.399 e. The molecule has 94 valence electrons. The molecule has 3 heteroatoms. The fraction of sp³-hybridized carbons (Fsp3) is 0.571. The summed E-state index contributed by atoms with van der Waals surface area (Å²) in [5.41, 5.74) is 6.53. The third-order valence-corrected chi connectivity index (χ3v) is 3.57. The average Bonchev–Trinajstić information content (AvgIpc) is 2.79. The summed E-state index contributed by atoms with van der Waals surface area (Å²) in [6.45, 7) is 0.845. The van der Waals surface area contributed by atoms with Crippen molar-refractivity contribution in [3.05, 3.63) is 24.0 Å². The maximum atomic E-state index is 13.4. The monoisotopic (exact) mass is 236 g/mol. The molecule has 1 saturated carbocycles. The number of rotatable bonds is 5. The Morgan fingerprint density at radius 3 is 2.76 bits per heavy atom. The molecule has 0 amide bonds. The van der Waals surface area contributed by atoms with Crippen molar-refractivity contribution in [2.45, 2.75) is 38.5 Å². The topological polar surface area (TPSA) is 38.0 Å². The van der Waals surface area contributed by atoms with Crippen LogP contribution in [0.2, 0.25) is 0 Å². The summed E-state index contributed by atoms with van der Waals surface area (Å²) < 4.78 is 13.4. The third kappa shape index (κ3) is 3.62. The molecule has 1 aromatic carbocycles. The molecule has 0 aromatic heterocycles. The van der Waals surface area contributed by atoms with Gasteiger partial charge in [0, 0.05) is 12.2 Å². The second-order valence-electron chi connectivity index (χ2n) is 4.96. The highest BCUT2D eigenvalue weighted by atomic mass is 19.1. The minimum atomic E-state index is -0.258. The number of nitrogens with one attached hydrogen (secondary N) is 1. The number of nitrogens with two attached hydrogens (primary N) is 1. The van der Waals surface area contributed by atoms with Crippen LogP contribution in [0, 0.1) is 11.7 Å². The van der Waals surface area contributed by atoms with E-state index >= 15 is 0 Å². The Hall–Kier alpha value is -1.25. The van der Waals surface area contributed by atoms with Gasteiger partial charge in [-0.05, 0) is 37.0 Å².